The van der Waals surface area contributed by atoms with E-state index in [9.17, 15) is 0 Å². The summed E-state index contributed by atoms with van der Waals surface area (Å²) < 4.78 is 0. The summed E-state index contributed by atoms with van der Waals surface area (Å²) in [5.74, 6) is 0.747. The van der Waals surface area contributed by atoms with Gasteiger partial charge in [-0.2, -0.15) is 0 Å². The van der Waals surface area contributed by atoms with Crippen LogP contribution in [-0.2, 0) is 0 Å². The molecule has 0 saturated heterocycles. The van der Waals surface area contributed by atoms with Crippen molar-refractivity contribution < 1.29 is 0 Å². The molecule has 10 heavy (non-hydrogen) atoms. The molecular formula is C6H8ClN3. The Morgan fingerprint density at radius 3 is 2.60 bits per heavy atom. The molecule has 1 heterocycles. The highest BCUT2D eigenvalue weighted by Gasteiger charge is 2.00. The molecule has 0 aliphatic heterocycles. The van der Waals surface area contributed by atoms with Crippen molar-refractivity contribution in [1.82, 2.24) is 9.97 Å². The number of hydrogen-bond acceptors (Lipinski definition) is 3. The number of halogens is 1. The van der Waals surface area contributed by atoms with Crippen LogP contribution in [0.4, 0.5) is 5.82 Å². The van der Waals surface area contributed by atoms with E-state index in [1.807, 2.05) is 19.0 Å². The summed E-state index contributed by atoms with van der Waals surface area (Å²) in [6.07, 6.45) is 3.05. The first-order valence-electron chi connectivity index (χ1n) is 2.84. The number of anilines is 1. The third-order valence-electron chi connectivity index (χ3n) is 1.07. The Labute approximate surface area is 64.7 Å². The number of rotatable bonds is 1. The third-order valence-corrected chi connectivity index (χ3v) is 1.34. The molecule has 0 aliphatic rings. The SMILES string of the molecule is CN(C)c1ncncc1Cl. The highest BCUT2D eigenvalue weighted by molar-refractivity contribution is 6.32. The lowest BCUT2D eigenvalue weighted by molar-refractivity contribution is 1.04. The molecular weight excluding hydrogens is 150 g/mol. The standard InChI is InChI=1S/C6H8ClN3/c1-10(2)6-5(7)3-8-4-9-6/h3-4H,1-2H3. The second kappa shape index (κ2) is 2.84. The smallest absolute Gasteiger partial charge is 0.150 e. The molecule has 1 rings (SSSR count). The van der Waals surface area contributed by atoms with Crippen molar-refractivity contribution >= 4 is 17.4 Å². The summed E-state index contributed by atoms with van der Waals surface area (Å²) in [6.45, 7) is 0. The number of hydrogen-bond donors (Lipinski definition) is 0. The minimum atomic E-state index is 0.576. The minimum Gasteiger partial charge on any atom is -0.361 e. The molecule has 1 aromatic heterocycles. The maximum absolute atomic E-state index is 5.75. The van der Waals surface area contributed by atoms with Gasteiger partial charge in [-0.15, -0.1) is 0 Å². The van der Waals surface area contributed by atoms with Gasteiger partial charge in [-0.05, 0) is 0 Å². The van der Waals surface area contributed by atoms with Gasteiger partial charge in [0.25, 0.3) is 0 Å². The lowest BCUT2D eigenvalue weighted by Gasteiger charge is -2.10. The summed E-state index contributed by atoms with van der Waals surface area (Å²) in [6, 6.07) is 0. The van der Waals surface area contributed by atoms with Crippen LogP contribution in [0.15, 0.2) is 12.5 Å². The predicted molar refractivity (Wildman–Crippen MR) is 41.4 cm³/mol. The minimum absolute atomic E-state index is 0.576. The zero-order valence-corrected chi connectivity index (χ0v) is 6.63. The van der Waals surface area contributed by atoms with Crippen LogP contribution in [0.3, 0.4) is 0 Å². The average Bonchev–Trinajstić information content (AvgIpc) is 1.88. The van der Waals surface area contributed by atoms with Crippen LogP contribution in [0.2, 0.25) is 5.02 Å². The van der Waals surface area contributed by atoms with E-state index in [2.05, 4.69) is 9.97 Å². The topological polar surface area (TPSA) is 29.0 Å². The molecule has 0 N–H and O–H groups in total. The summed E-state index contributed by atoms with van der Waals surface area (Å²) in [7, 11) is 3.77. The Bertz CT molecular complexity index is 224. The van der Waals surface area contributed by atoms with Gasteiger partial charge in [0.2, 0.25) is 0 Å². The van der Waals surface area contributed by atoms with Crippen molar-refractivity contribution in [3.8, 4) is 0 Å². The maximum Gasteiger partial charge on any atom is 0.150 e. The fourth-order valence-corrected chi connectivity index (χ4v) is 0.909. The average molecular weight is 158 g/mol. The molecule has 0 amide bonds. The Balaban J connectivity index is 3.03. The van der Waals surface area contributed by atoms with Gasteiger partial charge in [-0.25, -0.2) is 9.97 Å². The highest BCUT2D eigenvalue weighted by Crippen LogP contribution is 2.17. The van der Waals surface area contributed by atoms with Gasteiger partial charge in [-0.3, -0.25) is 0 Å². The fraction of sp³-hybridized carbons (Fsp3) is 0.333. The fourth-order valence-electron chi connectivity index (χ4n) is 0.635. The molecule has 0 fully saturated rings. The summed E-state index contributed by atoms with van der Waals surface area (Å²) in [4.78, 5) is 9.56. The van der Waals surface area contributed by atoms with Crippen LogP contribution >= 0.6 is 11.6 Å². The second-order valence-electron chi connectivity index (χ2n) is 2.09. The van der Waals surface area contributed by atoms with E-state index >= 15 is 0 Å². The summed E-state index contributed by atoms with van der Waals surface area (Å²) in [5, 5.41) is 0.576. The largest absolute Gasteiger partial charge is 0.361 e. The molecule has 0 atom stereocenters. The summed E-state index contributed by atoms with van der Waals surface area (Å²) >= 11 is 5.75. The van der Waals surface area contributed by atoms with Gasteiger partial charge < -0.3 is 4.90 Å². The molecule has 3 nitrogen and oxygen atoms in total. The van der Waals surface area contributed by atoms with E-state index in [-0.39, 0.29) is 0 Å². The van der Waals surface area contributed by atoms with Crippen molar-refractivity contribution in [1.29, 1.82) is 0 Å². The van der Waals surface area contributed by atoms with E-state index in [4.69, 9.17) is 11.6 Å². The first kappa shape index (κ1) is 7.28. The number of nitrogens with zero attached hydrogens (tertiary/aromatic N) is 3. The van der Waals surface area contributed by atoms with Crippen LogP contribution in [0, 0.1) is 0 Å². The molecule has 1 aromatic rings. The van der Waals surface area contributed by atoms with Crippen LogP contribution in [0.25, 0.3) is 0 Å². The van der Waals surface area contributed by atoms with Crippen molar-refractivity contribution in [2.24, 2.45) is 0 Å². The van der Waals surface area contributed by atoms with Crippen molar-refractivity contribution in [2.45, 2.75) is 0 Å². The first-order chi connectivity index (χ1) is 4.72. The van der Waals surface area contributed by atoms with Gasteiger partial charge in [0, 0.05) is 14.1 Å². The Morgan fingerprint density at radius 2 is 2.20 bits per heavy atom. The molecule has 54 valence electrons. The predicted octanol–water partition coefficient (Wildman–Crippen LogP) is 1.20. The molecule has 0 spiro atoms. The van der Waals surface area contributed by atoms with Crippen LogP contribution < -0.4 is 4.90 Å². The third kappa shape index (κ3) is 1.36. The molecule has 0 saturated carbocycles. The highest BCUT2D eigenvalue weighted by atomic mass is 35.5. The van der Waals surface area contributed by atoms with E-state index in [1.165, 1.54) is 6.33 Å². The lowest BCUT2D eigenvalue weighted by atomic mass is 10.5. The zero-order valence-electron chi connectivity index (χ0n) is 5.87. The Kier molecular flexibility index (Phi) is 2.06. The quantitative estimate of drug-likeness (QED) is 0.614. The van der Waals surface area contributed by atoms with Crippen LogP contribution in [-0.4, -0.2) is 24.1 Å². The molecule has 0 unspecified atom stereocenters. The van der Waals surface area contributed by atoms with Crippen molar-refractivity contribution in [3.63, 3.8) is 0 Å². The zero-order chi connectivity index (χ0) is 7.56. The van der Waals surface area contributed by atoms with E-state index < -0.39 is 0 Å². The van der Waals surface area contributed by atoms with Gasteiger partial charge in [0.1, 0.15) is 17.2 Å². The van der Waals surface area contributed by atoms with E-state index in [0.717, 1.165) is 5.82 Å². The van der Waals surface area contributed by atoms with E-state index in [1.54, 1.807) is 6.20 Å². The molecule has 0 bridgehead atoms. The van der Waals surface area contributed by atoms with Gasteiger partial charge in [-0.1, -0.05) is 11.6 Å². The van der Waals surface area contributed by atoms with Crippen molar-refractivity contribution in [3.05, 3.63) is 17.5 Å². The Morgan fingerprint density at radius 1 is 1.50 bits per heavy atom. The number of aromatic nitrogens is 2. The molecule has 0 aromatic carbocycles. The van der Waals surface area contributed by atoms with E-state index in [0.29, 0.717) is 5.02 Å². The lowest BCUT2D eigenvalue weighted by Crippen LogP contribution is -2.10. The second-order valence-corrected chi connectivity index (χ2v) is 2.50. The van der Waals surface area contributed by atoms with Gasteiger partial charge >= 0.3 is 0 Å². The van der Waals surface area contributed by atoms with Crippen molar-refractivity contribution in [2.75, 3.05) is 19.0 Å². The molecule has 4 heteroatoms. The summed E-state index contributed by atoms with van der Waals surface area (Å²) in [5.41, 5.74) is 0. The molecule has 0 aliphatic carbocycles. The van der Waals surface area contributed by atoms with Gasteiger partial charge in [0.05, 0.1) is 6.20 Å². The molecule has 0 radical (unpaired) electrons. The normalized spacial score (nSPS) is 9.50. The Hall–Kier alpha value is -0.830. The van der Waals surface area contributed by atoms with Crippen LogP contribution in [0.5, 0.6) is 0 Å². The monoisotopic (exact) mass is 157 g/mol. The maximum atomic E-state index is 5.75. The first-order valence-corrected chi connectivity index (χ1v) is 3.22. The van der Waals surface area contributed by atoms with Gasteiger partial charge in [0.15, 0.2) is 0 Å². The van der Waals surface area contributed by atoms with Crippen LogP contribution in [0.1, 0.15) is 0 Å².